The smallest absolute Gasteiger partial charge is 0.431 e. The average molecular weight is 525 g/mol. The molecule has 38 heavy (non-hydrogen) atoms. The number of allylic oxidation sites excluding steroid dienone is 3. The molecular formula is C35H56O3. The number of rotatable bonds is 7. The summed E-state index contributed by atoms with van der Waals surface area (Å²) in [4.78, 5) is 12.7. The number of ether oxygens (including phenoxy) is 2. The highest BCUT2D eigenvalue weighted by molar-refractivity contribution is 5.60. The summed E-state index contributed by atoms with van der Waals surface area (Å²) in [5.41, 5.74) is 2.46. The second kappa shape index (κ2) is 12.1. The van der Waals surface area contributed by atoms with Gasteiger partial charge in [-0.05, 0) is 124 Å². The Bertz CT molecular complexity index is 872. The molecule has 3 saturated carbocycles. The number of fused-ring (bicyclic) bond motifs is 5. The molecule has 0 amide bonds. The molecule has 0 radical (unpaired) electrons. The van der Waals surface area contributed by atoms with Crippen LogP contribution in [0.25, 0.3) is 0 Å². The Hall–Kier alpha value is -1.25. The van der Waals surface area contributed by atoms with Gasteiger partial charge in [0.05, 0.1) is 0 Å². The van der Waals surface area contributed by atoms with Crippen molar-refractivity contribution in [3.05, 3.63) is 23.8 Å². The molecule has 0 spiro atoms. The fraction of sp³-hybridized carbons (Fsp3) is 0.857. The van der Waals surface area contributed by atoms with E-state index in [1.54, 1.807) is 5.57 Å². The van der Waals surface area contributed by atoms with Gasteiger partial charge in [0.15, 0.2) is 0 Å². The molecule has 3 heteroatoms. The molecule has 0 aliphatic heterocycles. The van der Waals surface area contributed by atoms with Gasteiger partial charge >= 0.3 is 6.16 Å². The van der Waals surface area contributed by atoms with Gasteiger partial charge in [-0.3, -0.25) is 0 Å². The average Bonchev–Trinajstić information content (AvgIpc) is 3.20. The summed E-state index contributed by atoms with van der Waals surface area (Å²) in [5, 5.41) is 0. The van der Waals surface area contributed by atoms with E-state index in [4.69, 9.17) is 9.47 Å². The summed E-state index contributed by atoms with van der Waals surface area (Å²) in [5.74, 6) is 4.38. The van der Waals surface area contributed by atoms with Crippen LogP contribution < -0.4 is 0 Å². The Kier molecular flexibility index (Phi) is 9.00. The molecular weight excluding hydrogens is 468 g/mol. The first kappa shape index (κ1) is 28.3. The number of unbranched alkanes of at least 4 members (excludes halogenated alkanes) is 1. The quantitative estimate of drug-likeness (QED) is 0.189. The van der Waals surface area contributed by atoms with Gasteiger partial charge in [-0.25, -0.2) is 4.79 Å². The van der Waals surface area contributed by atoms with E-state index in [-0.39, 0.29) is 12.2 Å². The van der Waals surface area contributed by atoms with Gasteiger partial charge in [0.1, 0.15) is 12.2 Å². The van der Waals surface area contributed by atoms with Crippen molar-refractivity contribution in [1.29, 1.82) is 0 Å². The molecule has 5 rings (SSSR count). The highest BCUT2D eigenvalue weighted by atomic mass is 16.7. The molecule has 0 bridgehead atoms. The summed E-state index contributed by atoms with van der Waals surface area (Å²) in [7, 11) is 0. The van der Waals surface area contributed by atoms with Crippen LogP contribution in [-0.2, 0) is 9.47 Å². The second-order valence-corrected chi connectivity index (χ2v) is 14.7. The molecule has 0 aromatic carbocycles. The maximum Gasteiger partial charge on any atom is 0.508 e. The van der Waals surface area contributed by atoms with Crippen LogP contribution in [0, 0.1) is 40.4 Å². The lowest BCUT2D eigenvalue weighted by Crippen LogP contribution is -2.50. The van der Waals surface area contributed by atoms with Crippen LogP contribution in [0.3, 0.4) is 0 Å². The first-order chi connectivity index (χ1) is 18.3. The zero-order valence-electron chi connectivity index (χ0n) is 25.0. The predicted molar refractivity (Wildman–Crippen MR) is 156 cm³/mol. The molecule has 5 aliphatic rings. The van der Waals surface area contributed by atoms with Crippen molar-refractivity contribution < 1.29 is 14.3 Å². The fourth-order valence-corrected chi connectivity index (χ4v) is 9.80. The molecule has 0 heterocycles. The molecule has 0 saturated heterocycles. The van der Waals surface area contributed by atoms with Crippen LogP contribution in [0.2, 0.25) is 0 Å². The van der Waals surface area contributed by atoms with E-state index < -0.39 is 6.16 Å². The van der Waals surface area contributed by atoms with Gasteiger partial charge < -0.3 is 9.47 Å². The minimum atomic E-state index is -0.429. The van der Waals surface area contributed by atoms with Crippen molar-refractivity contribution in [1.82, 2.24) is 0 Å². The van der Waals surface area contributed by atoms with Crippen molar-refractivity contribution >= 4 is 6.16 Å². The maximum absolute atomic E-state index is 12.7. The summed E-state index contributed by atoms with van der Waals surface area (Å²) in [6.45, 7) is 9.97. The molecule has 8 unspecified atom stereocenters. The van der Waals surface area contributed by atoms with E-state index in [1.165, 1.54) is 57.8 Å². The van der Waals surface area contributed by atoms with Crippen molar-refractivity contribution in [2.75, 3.05) is 0 Å². The third-order valence-corrected chi connectivity index (χ3v) is 12.1. The molecule has 0 N–H and O–H groups in total. The van der Waals surface area contributed by atoms with Crippen LogP contribution in [0.15, 0.2) is 23.8 Å². The van der Waals surface area contributed by atoms with E-state index >= 15 is 0 Å². The zero-order valence-corrected chi connectivity index (χ0v) is 25.0. The highest BCUT2D eigenvalue weighted by Crippen LogP contribution is 2.66. The Morgan fingerprint density at radius 3 is 2.58 bits per heavy atom. The van der Waals surface area contributed by atoms with Crippen LogP contribution in [0.1, 0.15) is 137 Å². The summed E-state index contributed by atoms with van der Waals surface area (Å²) in [6.07, 6.45) is 27.5. The third kappa shape index (κ3) is 5.92. The van der Waals surface area contributed by atoms with E-state index in [9.17, 15) is 4.79 Å². The standard InChI is InChI=1S/C35H56O3/c1-25(2)12-10-11-13-26-17-19-31-30-18-16-27-24-29(20-22-35(27,4)32(30)21-23-34(26,31)3)38-33(36)37-28-14-8-6-5-7-9-15-28/h5-6,16,25-26,28-32H,7-15,17-24H2,1-4H3/b6-5+. The van der Waals surface area contributed by atoms with E-state index in [2.05, 4.69) is 45.9 Å². The third-order valence-electron chi connectivity index (χ3n) is 12.1. The predicted octanol–water partition coefficient (Wildman–Crippen LogP) is 10.2. The van der Waals surface area contributed by atoms with Crippen molar-refractivity contribution in [3.63, 3.8) is 0 Å². The second-order valence-electron chi connectivity index (χ2n) is 14.7. The molecule has 0 aromatic heterocycles. The van der Waals surface area contributed by atoms with Crippen molar-refractivity contribution in [2.45, 2.75) is 149 Å². The van der Waals surface area contributed by atoms with Gasteiger partial charge in [0, 0.05) is 6.42 Å². The van der Waals surface area contributed by atoms with Crippen LogP contribution in [-0.4, -0.2) is 18.4 Å². The van der Waals surface area contributed by atoms with Gasteiger partial charge in [0.25, 0.3) is 0 Å². The van der Waals surface area contributed by atoms with E-state index in [0.29, 0.717) is 10.8 Å². The highest BCUT2D eigenvalue weighted by Gasteiger charge is 2.58. The minimum Gasteiger partial charge on any atom is -0.431 e. The Morgan fingerprint density at radius 2 is 1.74 bits per heavy atom. The molecule has 214 valence electrons. The largest absolute Gasteiger partial charge is 0.508 e. The minimum absolute atomic E-state index is 0.0117. The van der Waals surface area contributed by atoms with Gasteiger partial charge in [-0.15, -0.1) is 0 Å². The first-order valence-corrected chi connectivity index (χ1v) is 16.5. The Morgan fingerprint density at radius 1 is 0.921 bits per heavy atom. The van der Waals surface area contributed by atoms with Gasteiger partial charge in [0.2, 0.25) is 0 Å². The summed E-state index contributed by atoms with van der Waals surface area (Å²) in [6, 6.07) is 0. The number of carbonyl (C=O) groups is 1. The SMILES string of the molecule is CC(C)CCCCC1CCC2C3CC=C4CC(OC(=O)OC5CC/C=C/CCC5)CCC4(C)C3CCC12C. The molecule has 5 aliphatic carbocycles. The van der Waals surface area contributed by atoms with Gasteiger partial charge in [-0.1, -0.05) is 70.8 Å². The normalized spacial score (nSPS) is 41.7. The Balaban J connectivity index is 1.17. The zero-order chi connectivity index (χ0) is 26.8. The van der Waals surface area contributed by atoms with E-state index in [0.717, 1.165) is 81.0 Å². The van der Waals surface area contributed by atoms with Crippen molar-refractivity contribution in [3.8, 4) is 0 Å². The van der Waals surface area contributed by atoms with Crippen LogP contribution in [0.4, 0.5) is 4.79 Å². The molecule has 0 aromatic rings. The molecule has 3 nitrogen and oxygen atoms in total. The number of hydrogen-bond acceptors (Lipinski definition) is 3. The molecule has 3 fully saturated rings. The lowest BCUT2D eigenvalue weighted by Gasteiger charge is -2.58. The van der Waals surface area contributed by atoms with Crippen LogP contribution >= 0.6 is 0 Å². The first-order valence-electron chi connectivity index (χ1n) is 16.5. The lowest BCUT2D eigenvalue weighted by atomic mass is 9.47. The fourth-order valence-electron chi connectivity index (χ4n) is 9.80. The van der Waals surface area contributed by atoms with Crippen LogP contribution in [0.5, 0.6) is 0 Å². The monoisotopic (exact) mass is 524 g/mol. The topological polar surface area (TPSA) is 35.5 Å². The number of hydrogen-bond donors (Lipinski definition) is 0. The summed E-state index contributed by atoms with van der Waals surface area (Å²) < 4.78 is 11.7. The summed E-state index contributed by atoms with van der Waals surface area (Å²) >= 11 is 0. The van der Waals surface area contributed by atoms with Gasteiger partial charge in [-0.2, -0.15) is 0 Å². The molecule has 8 atom stereocenters. The van der Waals surface area contributed by atoms with E-state index in [1.807, 2.05) is 0 Å². The maximum atomic E-state index is 12.7. The Labute approximate surface area is 233 Å². The number of carbonyl (C=O) groups excluding carboxylic acids is 1. The van der Waals surface area contributed by atoms with Crippen molar-refractivity contribution in [2.24, 2.45) is 40.4 Å². The lowest BCUT2D eigenvalue weighted by molar-refractivity contribution is -0.0595.